The van der Waals surface area contributed by atoms with Crippen LogP contribution in [0, 0.1) is 0 Å². The molecule has 4 rings (SSSR count). The minimum Gasteiger partial charge on any atom is -0.497 e. The Bertz CT molecular complexity index is 1120. The van der Waals surface area contributed by atoms with Crippen LogP contribution >= 0.6 is 11.8 Å². The van der Waals surface area contributed by atoms with E-state index in [2.05, 4.69) is 39.4 Å². The minimum absolute atomic E-state index is 0.0904. The van der Waals surface area contributed by atoms with Crippen molar-refractivity contribution in [3.8, 4) is 17.1 Å². The highest BCUT2D eigenvalue weighted by atomic mass is 32.2. The molecule has 0 aliphatic rings. The summed E-state index contributed by atoms with van der Waals surface area (Å²) in [6.45, 7) is 1.36. The van der Waals surface area contributed by atoms with Gasteiger partial charge in [0.15, 0.2) is 5.82 Å². The number of H-pyrrole nitrogens is 1. The Balaban J connectivity index is 1.36. The number of ether oxygens (including phenoxy) is 1. The summed E-state index contributed by atoms with van der Waals surface area (Å²) in [5.74, 6) is 1.84. The van der Waals surface area contributed by atoms with Crippen molar-refractivity contribution >= 4 is 17.7 Å². The van der Waals surface area contributed by atoms with E-state index in [1.165, 1.54) is 22.9 Å². The second-order valence-corrected chi connectivity index (χ2v) is 8.78. The predicted molar refractivity (Wildman–Crippen MR) is 136 cm³/mol. The molecule has 0 aliphatic carbocycles. The summed E-state index contributed by atoms with van der Waals surface area (Å²) in [6, 6.07) is 28.2. The van der Waals surface area contributed by atoms with Crippen molar-refractivity contribution in [1.29, 1.82) is 0 Å². The molecule has 0 unspecified atom stereocenters. The van der Waals surface area contributed by atoms with Crippen molar-refractivity contribution in [3.63, 3.8) is 0 Å². The van der Waals surface area contributed by atoms with Crippen molar-refractivity contribution < 1.29 is 9.53 Å². The van der Waals surface area contributed by atoms with Gasteiger partial charge in [-0.2, -0.15) is 0 Å². The molecule has 0 saturated heterocycles. The largest absolute Gasteiger partial charge is 0.497 e. The number of carbonyl (C=O) groups is 1. The molecule has 4 aromatic rings. The molecule has 1 heterocycles. The number of aromatic nitrogens is 3. The summed E-state index contributed by atoms with van der Waals surface area (Å²) in [5.41, 5.74) is 3.37. The van der Waals surface area contributed by atoms with Gasteiger partial charge in [-0.25, -0.2) is 4.98 Å². The van der Waals surface area contributed by atoms with Crippen molar-refractivity contribution in [1.82, 2.24) is 20.1 Å². The summed E-state index contributed by atoms with van der Waals surface area (Å²) in [6.07, 6.45) is 1.66. The predicted octanol–water partition coefficient (Wildman–Crippen LogP) is 4.89. The zero-order chi connectivity index (χ0) is 23.6. The second-order valence-electron chi connectivity index (χ2n) is 7.84. The van der Waals surface area contributed by atoms with Gasteiger partial charge in [0, 0.05) is 18.7 Å². The number of aromatic amines is 1. The summed E-state index contributed by atoms with van der Waals surface area (Å²) < 4.78 is 5.20. The number of amides is 1. The van der Waals surface area contributed by atoms with E-state index >= 15 is 0 Å². The Morgan fingerprint density at radius 3 is 2.03 bits per heavy atom. The first-order valence-corrected chi connectivity index (χ1v) is 12.2. The molecule has 7 heteroatoms. The zero-order valence-corrected chi connectivity index (χ0v) is 20.0. The van der Waals surface area contributed by atoms with Crippen LogP contribution in [-0.4, -0.2) is 51.9 Å². The summed E-state index contributed by atoms with van der Waals surface area (Å²) in [5, 5.41) is 7.80. The molecule has 34 heavy (non-hydrogen) atoms. The van der Waals surface area contributed by atoms with Crippen LogP contribution in [0.5, 0.6) is 5.75 Å². The fourth-order valence-electron chi connectivity index (χ4n) is 3.59. The Morgan fingerprint density at radius 1 is 0.882 bits per heavy atom. The van der Waals surface area contributed by atoms with Gasteiger partial charge < -0.3 is 9.64 Å². The molecule has 1 N–H and O–H groups in total. The van der Waals surface area contributed by atoms with Crippen LogP contribution in [0.25, 0.3) is 11.4 Å². The number of methoxy groups -OCH3 is 1. The van der Waals surface area contributed by atoms with Crippen molar-refractivity contribution in [3.05, 3.63) is 96.1 Å². The second kappa shape index (κ2) is 12.0. The lowest BCUT2D eigenvalue weighted by atomic mass is 10.1. The Labute approximate surface area is 204 Å². The highest BCUT2D eigenvalue weighted by Crippen LogP contribution is 2.22. The maximum absolute atomic E-state index is 13.1. The van der Waals surface area contributed by atoms with Crippen LogP contribution in [0.4, 0.5) is 0 Å². The van der Waals surface area contributed by atoms with E-state index < -0.39 is 0 Å². The van der Waals surface area contributed by atoms with Crippen LogP contribution in [0.1, 0.15) is 11.1 Å². The van der Waals surface area contributed by atoms with Gasteiger partial charge in [-0.05, 0) is 48.2 Å². The first kappa shape index (κ1) is 23.6. The fourth-order valence-corrected chi connectivity index (χ4v) is 4.29. The van der Waals surface area contributed by atoms with Gasteiger partial charge in [0.05, 0.1) is 12.9 Å². The molecule has 0 radical (unpaired) electrons. The van der Waals surface area contributed by atoms with E-state index in [9.17, 15) is 4.79 Å². The molecule has 174 valence electrons. The van der Waals surface area contributed by atoms with E-state index in [-0.39, 0.29) is 5.91 Å². The van der Waals surface area contributed by atoms with Gasteiger partial charge in [0.25, 0.3) is 0 Å². The summed E-state index contributed by atoms with van der Waals surface area (Å²) in [4.78, 5) is 19.6. The maximum atomic E-state index is 13.1. The van der Waals surface area contributed by atoms with Crippen molar-refractivity contribution in [2.45, 2.75) is 18.0 Å². The van der Waals surface area contributed by atoms with Crippen molar-refractivity contribution in [2.24, 2.45) is 0 Å². The topological polar surface area (TPSA) is 71.1 Å². The molecule has 0 fully saturated rings. The van der Waals surface area contributed by atoms with Crippen molar-refractivity contribution in [2.75, 3.05) is 26.0 Å². The van der Waals surface area contributed by atoms with E-state index in [0.717, 1.165) is 24.2 Å². The number of rotatable bonds is 11. The van der Waals surface area contributed by atoms with E-state index in [0.29, 0.717) is 29.8 Å². The average Bonchev–Trinajstić information content (AvgIpc) is 3.38. The molecule has 0 spiro atoms. The number of nitrogens with zero attached hydrogens (tertiary/aromatic N) is 3. The smallest absolute Gasteiger partial charge is 0.233 e. The molecule has 0 atom stereocenters. The average molecular weight is 473 g/mol. The zero-order valence-electron chi connectivity index (χ0n) is 19.2. The van der Waals surface area contributed by atoms with Crippen LogP contribution in [0.2, 0.25) is 0 Å². The quantitative estimate of drug-likeness (QED) is 0.315. The highest BCUT2D eigenvalue weighted by Gasteiger charge is 2.16. The lowest BCUT2D eigenvalue weighted by Crippen LogP contribution is -2.36. The molecule has 0 bridgehead atoms. The first-order valence-electron chi connectivity index (χ1n) is 11.3. The van der Waals surface area contributed by atoms with Crippen LogP contribution in [0.15, 0.2) is 90.1 Å². The minimum atomic E-state index is 0.0904. The van der Waals surface area contributed by atoms with Gasteiger partial charge in [-0.1, -0.05) is 72.4 Å². The monoisotopic (exact) mass is 472 g/mol. The van der Waals surface area contributed by atoms with Gasteiger partial charge in [-0.15, -0.1) is 5.10 Å². The highest BCUT2D eigenvalue weighted by molar-refractivity contribution is 7.99. The third kappa shape index (κ3) is 6.71. The summed E-state index contributed by atoms with van der Waals surface area (Å²) >= 11 is 1.35. The normalized spacial score (nSPS) is 10.7. The van der Waals surface area contributed by atoms with Crippen LogP contribution in [-0.2, 0) is 17.6 Å². The number of nitrogens with one attached hydrogen (secondary N) is 1. The summed E-state index contributed by atoms with van der Waals surface area (Å²) in [7, 11) is 1.64. The standard InChI is InChI=1S/C27H28N4O2S/c1-33-24-14-12-23(13-15-24)26-28-27(30-29-26)34-20-25(32)31(18-16-21-8-4-2-5-9-21)19-17-22-10-6-3-7-11-22/h2-15H,16-20H2,1H3,(H,28,29,30). The van der Waals surface area contributed by atoms with Gasteiger partial charge >= 0.3 is 0 Å². The molecule has 3 aromatic carbocycles. The third-order valence-electron chi connectivity index (χ3n) is 5.53. The van der Waals surface area contributed by atoms with E-state index in [1.54, 1.807) is 7.11 Å². The molecule has 1 amide bonds. The fraction of sp³-hybridized carbons (Fsp3) is 0.222. The number of carbonyl (C=O) groups excluding carboxylic acids is 1. The SMILES string of the molecule is COc1ccc(-c2nc(SCC(=O)N(CCc3ccccc3)CCc3ccccc3)n[nH]2)cc1. The first-order chi connectivity index (χ1) is 16.7. The Hall–Kier alpha value is -3.58. The third-order valence-corrected chi connectivity index (χ3v) is 6.36. The van der Waals surface area contributed by atoms with Gasteiger partial charge in [0.1, 0.15) is 5.75 Å². The number of hydrogen-bond acceptors (Lipinski definition) is 5. The van der Waals surface area contributed by atoms with Gasteiger partial charge in [0.2, 0.25) is 11.1 Å². The Kier molecular flexibility index (Phi) is 8.35. The number of benzene rings is 3. The number of thioether (sulfide) groups is 1. The number of hydrogen-bond donors (Lipinski definition) is 1. The lowest BCUT2D eigenvalue weighted by molar-refractivity contribution is -0.128. The molecular formula is C27H28N4O2S. The molecule has 6 nitrogen and oxygen atoms in total. The lowest BCUT2D eigenvalue weighted by Gasteiger charge is -2.22. The molecule has 1 aromatic heterocycles. The Morgan fingerprint density at radius 2 is 1.47 bits per heavy atom. The van der Waals surface area contributed by atoms with Crippen LogP contribution in [0.3, 0.4) is 0 Å². The molecular weight excluding hydrogens is 444 g/mol. The molecule has 0 aliphatic heterocycles. The van der Waals surface area contributed by atoms with Gasteiger partial charge in [-0.3, -0.25) is 9.89 Å². The van der Waals surface area contributed by atoms with E-state index in [1.807, 2.05) is 65.6 Å². The molecule has 0 saturated carbocycles. The van der Waals surface area contributed by atoms with Crippen LogP contribution < -0.4 is 4.74 Å². The maximum Gasteiger partial charge on any atom is 0.233 e. The van der Waals surface area contributed by atoms with E-state index in [4.69, 9.17) is 4.74 Å².